The number of carbonyl (C=O) groups is 1. The van der Waals surface area contributed by atoms with Gasteiger partial charge < -0.3 is 15.2 Å². The van der Waals surface area contributed by atoms with E-state index < -0.39 is 0 Å². The van der Waals surface area contributed by atoms with Gasteiger partial charge in [-0.05, 0) is 37.0 Å². The maximum Gasteiger partial charge on any atom is 0.225 e. The number of nitrogens with one attached hydrogen (secondary N) is 2. The average molecular weight is 326 g/mol. The number of aryl methyl sites for hydroxylation is 1. The minimum absolute atomic E-state index is 0.0471. The maximum atomic E-state index is 11.6. The summed E-state index contributed by atoms with van der Waals surface area (Å²) in [5.41, 5.74) is 0.684. The summed E-state index contributed by atoms with van der Waals surface area (Å²) in [6.07, 6.45) is 2.05. The predicted molar refractivity (Wildman–Crippen MR) is 83.8 cm³/mol. The van der Waals surface area contributed by atoms with Crippen LogP contribution in [0.25, 0.3) is 0 Å². The van der Waals surface area contributed by atoms with Crippen molar-refractivity contribution in [3.8, 4) is 0 Å². The quantitative estimate of drug-likeness (QED) is 0.851. The first-order valence-corrected chi connectivity index (χ1v) is 7.55. The summed E-state index contributed by atoms with van der Waals surface area (Å²) in [4.78, 5) is 12.5. The molecule has 0 spiro atoms. The lowest BCUT2D eigenvalue weighted by Gasteiger charge is -2.08. The lowest BCUT2D eigenvalue weighted by atomic mass is 10.3. The number of hydrogen-bond acceptors (Lipinski definition) is 5. The van der Waals surface area contributed by atoms with Crippen molar-refractivity contribution < 1.29 is 4.79 Å². The van der Waals surface area contributed by atoms with Crippen LogP contribution >= 0.6 is 23.4 Å². The van der Waals surface area contributed by atoms with Crippen LogP contribution in [-0.4, -0.2) is 34.3 Å². The molecule has 8 heteroatoms. The van der Waals surface area contributed by atoms with Crippen molar-refractivity contribution in [2.45, 2.75) is 16.5 Å². The van der Waals surface area contributed by atoms with Crippen LogP contribution in [0.1, 0.15) is 6.42 Å². The molecule has 1 amide bonds. The van der Waals surface area contributed by atoms with E-state index >= 15 is 0 Å². The molecule has 0 radical (unpaired) electrons. The van der Waals surface area contributed by atoms with E-state index in [2.05, 4.69) is 20.8 Å². The van der Waals surface area contributed by atoms with E-state index in [4.69, 9.17) is 11.6 Å². The van der Waals surface area contributed by atoms with Gasteiger partial charge in [0.15, 0.2) is 5.16 Å². The van der Waals surface area contributed by atoms with E-state index in [1.165, 1.54) is 11.8 Å². The highest BCUT2D eigenvalue weighted by atomic mass is 35.5. The third-order valence-electron chi connectivity index (χ3n) is 2.69. The molecule has 0 fully saturated rings. The summed E-state index contributed by atoms with van der Waals surface area (Å²) in [6, 6.07) is 5.41. The number of halogens is 1. The van der Waals surface area contributed by atoms with Gasteiger partial charge in [0.1, 0.15) is 6.33 Å². The Morgan fingerprint density at radius 3 is 2.90 bits per heavy atom. The van der Waals surface area contributed by atoms with Gasteiger partial charge in [-0.1, -0.05) is 11.6 Å². The second kappa shape index (κ2) is 7.44. The number of rotatable bonds is 6. The van der Waals surface area contributed by atoms with Crippen LogP contribution in [-0.2, 0) is 11.8 Å². The first-order chi connectivity index (χ1) is 10.1. The van der Waals surface area contributed by atoms with Gasteiger partial charge in [0.2, 0.25) is 5.91 Å². The Labute approximate surface area is 132 Å². The molecular formula is C13H16ClN5OS. The molecule has 0 unspecified atom stereocenters. The highest BCUT2D eigenvalue weighted by Crippen LogP contribution is 2.33. The van der Waals surface area contributed by atoms with E-state index in [-0.39, 0.29) is 5.91 Å². The second-order valence-corrected chi connectivity index (χ2v) is 5.79. The van der Waals surface area contributed by atoms with Crippen LogP contribution < -0.4 is 10.6 Å². The summed E-state index contributed by atoms with van der Waals surface area (Å²) in [6.45, 7) is 0.639. The Morgan fingerprint density at radius 1 is 1.48 bits per heavy atom. The van der Waals surface area contributed by atoms with Crippen molar-refractivity contribution in [1.82, 2.24) is 20.1 Å². The van der Waals surface area contributed by atoms with Gasteiger partial charge in [0.05, 0.1) is 5.02 Å². The molecule has 1 aromatic carbocycles. The minimum atomic E-state index is -0.0471. The number of benzene rings is 1. The van der Waals surface area contributed by atoms with Crippen molar-refractivity contribution in [3.63, 3.8) is 0 Å². The highest BCUT2D eigenvalue weighted by molar-refractivity contribution is 7.99. The van der Waals surface area contributed by atoms with Crippen LogP contribution in [0, 0.1) is 0 Å². The third kappa shape index (κ3) is 4.45. The second-order valence-electron chi connectivity index (χ2n) is 4.37. The molecule has 1 aromatic heterocycles. The van der Waals surface area contributed by atoms with Crippen LogP contribution in [0.4, 0.5) is 5.69 Å². The van der Waals surface area contributed by atoms with Crippen molar-refractivity contribution in [2.75, 3.05) is 18.9 Å². The largest absolute Gasteiger partial charge is 0.326 e. The molecule has 1 heterocycles. The lowest BCUT2D eigenvalue weighted by Crippen LogP contribution is -2.18. The molecule has 0 aliphatic carbocycles. The molecule has 0 atom stereocenters. The van der Waals surface area contributed by atoms with Crippen molar-refractivity contribution in [1.29, 1.82) is 0 Å². The number of hydrogen-bond donors (Lipinski definition) is 2. The zero-order valence-electron chi connectivity index (χ0n) is 11.8. The Bertz CT molecular complexity index is 631. The fourth-order valence-corrected chi connectivity index (χ4v) is 2.65. The van der Waals surface area contributed by atoms with Crippen molar-refractivity contribution in [3.05, 3.63) is 29.5 Å². The molecular weight excluding hydrogens is 310 g/mol. The van der Waals surface area contributed by atoms with E-state index in [0.29, 0.717) is 23.7 Å². The van der Waals surface area contributed by atoms with E-state index in [0.717, 1.165) is 10.1 Å². The van der Waals surface area contributed by atoms with Gasteiger partial charge in [0, 0.05) is 30.6 Å². The van der Waals surface area contributed by atoms with Gasteiger partial charge >= 0.3 is 0 Å². The van der Waals surface area contributed by atoms with Crippen LogP contribution in [0.15, 0.2) is 34.6 Å². The normalized spacial score (nSPS) is 10.6. The standard InChI is InChI=1S/C13H16ClN5OS/c1-15-6-5-12(20)17-9-3-4-11(10(14)7-9)21-13-18-16-8-19(13)2/h3-4,7-8,15H,5-6H2,1-2H3,(H,17,20). The molecule has 0 saturated carbocycles. The molecule has 0 saturated heterocycles. The fraction of sp³-hybridized carbons (Fsp3) is 0.308. The molecule has 2 N–H and O–H groups in total. The zero-order valence-corrected chi connectivity index (χ0v) is 13.3. The number of aromatic nitrogens is 3. The Kier molecular flexibility index (Phi) is 5.60. The minimum Gasteiger partial charge on any atom is -0.326 e. The number of amides is 1. The Balaban J connectivity index is 2.04. The summed E-state index contributed by atoms with van der Waals surface area (Å²) >= 11 is 7.67. The molecule has 0 bridgehead atoms. The molecule has 6 nitrogen and oxygen atoms in total. The number of anilines is 1. The zero-order chi connectivity index (χ0) is 15.2. The van der Waals surface area contributed by atoms with E-state index in [1.54, 1.807) is 12.4 Å². The Hall–Kier alpha value is -1.57. The third-order valence-corrected chi connectivity index (χ3v) is 4.24. The van der Waals surface area contributed by atoms with Crippen LogP contribution in [0.3, 0.4) is 0 Å². The summed E-state index contributed by atoms with van der Waals surface area (Å²) in [5, 5.41) is 14.9. The molecule has 112 valence electrons. The van der Waals surface area contributed by atoms with Gasteiger partial charge in [-0.2, -0.15) is 0 Å². The monoisotopic (exact) mass is 325 g/mol. The first-order valence-electron chi connectivity index (χ1n) is 6.36. The van der Waals surface area contributed by atoms with Crippen molar-refractivity contribution >= 4 is 35.0 Å². The smallest absolute Gasteiger partial charge is 0.225 e. The van der Waals surface area contributed by atoms with Gasteiger partial charge in [-0.15, -0.1) is 10.2 Å². The van der Waals surface area contributed by atoms with Gasteiger partial charge in [0.25, 0.3) is 0 Å². The fourth-order valence-electron chi connectivity index (χ4n) is 1.59. The maximum absolute atomic E-state index is 11.6. The predicted octanol–water partition coefficient (Wildman–Crippen LogP) is 2.17. The first kappa shape index (κ1) is 15.8. The molecule has 0 aliphatic rings. The van der Waals surface area contributed by atoms with Crippen LogP contribution in [0.5, 0.6) is 0 Å². The molecule has 0 aliphatic heterocycles. The Morgan fingerprint density at radius 2 is 2.29 bits per heavy atom. The molecule has 21 heavy (non-hydrogen) atoms. The van der Waals surface area contributed by atoms with E-state index in [9.17, 15) is 4.79 Å². The number of nitrogens with zero attached hydrogens (tertiary/aromatic N) is 3. The lowest BCUT2D eigenvalue weighted by molar-refractivity contribution is -0.116. The van der Waals surface area contributed by atoms with Gasteiger partial charge in [-0.3, -0.25) is 4.79 Å². The molecule has 2 rings (SSSR count). The highest BCUT2D eigenvalue weighted by Gasteiger charge is 2.09. The van der Waals surface area contributed by atoms with Crippen LogP contribution in [0.2, 0.25) is 5.02 Å². The van der Waals surface area contributed by atoms with Gasteiger partial charge in [-0.25, -0.2) is 0 Å². The van der Waals surface area contributed by atoms with E-state index in [1.807, 2.05) is 30.8 Å². The summed E-state index contributed by atoms with van der Waals surface area (Å²) in [7, 11) is 3.68. The summed E-state index contributed by atoms with van der Waals surface area (Å²) in [5.74, 6) is -0.0471. The number of carbonyl (C=O) groups excluding carboxylic acids is 1. The topological polar surface area (TPSA) is 71.8 Å². The van der Waals surface area contributed by atoms with Crippen molar-refractivity contribution in [2.24, 2.45) is 7.05 Å². The summed E-state index contributed by atoms with van der Waals surface area (Å²) < 4.78 is 1.81. The molecule has 2 aromatic rings. The average Bonchev–Trinajstić information content (AvgIpc) is 2.85. The SMILES string of the molecule is CNCCC(=O)Nc1ccc(Sc2nncn2C)c(Cl)c1.